The Morgan fingerprint density at radius 3 is 2.65 bits per heavy atom. The van der Waals surface area contributed by atoms with Crippen molar-refractivity contribution in [3.63, 3.8) is 0 Å². The number of hydrogen-bond acceptors (Lipinski definition) is 3. The summed E-state index contributed by atoms with van der Waals surface area (Å²) in [5.74, 6) is -1.02. The second-order valence-electron chi connectivity index (χ2n) is 3.74. The van der Waals surface area contributed by atoms with Gasteiger partial charge in [0, 0.05) is 18.6 Å². The van der Waals surface area contributed by atoms with E-state index in [4.69, 9.17) is 9.84 Å². The molecule has 0 aliphatic carbocycles. The average molecular weight is 236 g/mol. The summed E-state index contributed by atoms with van der Waals surface area (Å²) in [4.78, 5) is 22.1. The van der Waals surface area contributed by atoms with Crippen LogP contribution in [0.3, 0.4) is 0 Å². The van der Waals surface area contributed by atoms with Gasteiger partial charge in [0.25, 0.3) is 0 Å². The average Bonchev–Trinajstić information content (AvgIpc) is 2.28. The van der Waals surface area contributed by atoms with Crippen LogP contribution in [-0.4, -0.2) is 29.6 Å². The molecule has 0 spiro atoms. The van der Waals surface area contributed by atoms with Crippen LogP contribution in [0, 0.1) is 0 Å². The largest absolute Gasteiger partial charge is 0.479 e. The van der Waals surface area contributed by atoms with Crippen molar-refractivity contribution in [2.24, 2.45) is 0 Å². The third-order valence-corrected chi connectivity index (χ3v) is 2.40. The number of carboxylic acids is 1. The molecule has 17 heavy (non-hydrogen) atoms. The van der Waals surface area contributed by atoms with Gasteiger partial charge in [0.2, 0.25) is 0 Å². The maximum Gasteiger partial charge on any atom is 0.333 e. The maximum absolute atomic E-state index is 11.2. The first-order valence-corrected chi connectivity index (χ1v) is 5.49. The van der Waals surface area contributed by atoms with Crippen molar-refractivity contribution in [3.8, 4) is 0 Å². The number of aliphatic carboxylic acids is 1. The van der Waals surface area contributed by atoms with Crippen LogP contribution in [0.25, 0.3) is 0 Å². The van der Waals surface area contributed by atoms with Crippen LogP contribution in [0.2, 0.25) is 0 Å². The molecule has 1 aromatic rings. The Bertz CT molecular complexity index is 412. The number of carbonyl (C=O) groups is 2. The first-order chi connectivity index (χ1) is 8.04. The fraction of sp³-hybridized carbons (Fsp3) is 0.385. The number of ketones is 1. The van der Waals surface area contributed by atoms with Gasteiger partial charge in [0.15, 0.2) is 11.9 Å². The lowest BCUT2D eigenvalue weighted by molar-refractivity contribution is -0.149. The molecule has 0 aliphatic rings. The fourth-order valence-corrected chi connectivity index (χ4v) is 1.55. The van der Waals surface area contributed by atoms with Crippen molar-refractivity contribution in [1.82, 2.24) is 0 Å². The number of Topliss-reactive ketones (excluding diaryl/α,β-unsaturated/α-hetero) is 1. The van der Waals surface area contributed by atoms with E-state index in [2.05, 4.69) is 0 Å². The van der Waals surface area contributed by atoms with Gasteiger partial charge in [-0.2, -0.15) is 0 Å². The molecule has 0 saturated heterocycles. The van der Waals surface area contributed by atoms with Crippen LogP contribution in [0.15, 0.2) is 24.3 Å². The van der Waals surface area contributed by atoms with Crippen LogP contribution in [0.5, 0.6) is 0 Å². The summed E-state index contributed by atoms with van der Waals surface area (Å²) < 4.78 is 5.12. The molecule has 0 bridgehead atoms. The molecule has 1 aromatic carbocycles. The lowest BCUT2D eigenvalue weighted by Crippen LogP contribution is -2.26. The van der Waals surface area contributed by atoms with E-state index in [9.17, 15) is 9.59 Å². The molecule has 4 heteroatoms. The van der Waals surface area contributed by atoms with E-state index in [0.717, 1.165) is 5.56 Å². The molecule has 0 radical (unpaired) electrons. The van der Waals surface area contributed by atoms with Crippen molar-refractivity contribution in [3.05, 3.63) is 35.4 Å². The van der Waals surface area contributed by atoms with Gasteiger partial charge in [0.1, 0.15) is 0 Å². The molecule has 92 valence electrons. The normalized spacial score (nSPS) is 12.1. The summed E-state index contributed by atoms with van der Waals surface area (Å²) in [6.07, 6.45) is -0.591. The quantitative estimate of drug-likeness (QED) is 0.766. The molecule has 1 atom stereocenters. The molecule has 0 aromatic heterocycles. The van der Waals surface area contributed by atoms with Crippen molar-refractivity contribution >= 4 is 11.8 Å². The Morgan fingerprint density at radius 2 is 2.12 bits per heavy atom. The van der Waals surface area contributed by atoms with Gasteiger partial charge in [-0.3, -0.25) is 4.79 Å². The second kappa shape index (κ2) is 6.15. The van der Waals surface area contributed by atoms with E-state index in [1.165, 1.54) is 6.92 Å². The van der Waals surface area contributed by atoms with Gasteiger partial charge in [-0.25, -0.2) is 4.79 Å². The Balaban J connectivity index is 2.82. The van der Waals surface area contributed by atoms with Gasteiger partial charge >= 0.3 is 5.97 Å². The first kappa shape index (κ1) is 13.4. The third-order valence-electron chi connectivity index (χ3n) is 2.40. The smallest absolute Gasteiger partial charge is 0.333 e. The van der Waals surface area contributed by atoms with Gasteiger partial charge in [-0.1, -0.05) is 18.2 Å². The highest BCUT2D eigenvalue weighted by Gasteiger charge is 2.18. The lowest BCUT2D eigenvalue weighted by Gasteiger charge is -2.12. The number of benzene rings is 1. The second-order valence-corrected chi connectivity index (χ2v) is 3.74. The zero-order valence-corrected chi connectivity index (χ0v) is 9.97. The number of carboxylic acid groups (broad SMARTS) is 1. The highest BCUT2D eigenvalue weighted by molar-refractivity contribution is 5.94. The monoisotopic (exact) mass is 236 g/mol. The van der Waals surface area contributed by atoms with Gasteiger partial charge in [-0.15, -0.1) is 0 Å². The molecule has 0 fully saturated rings. The standard InChI is InChI=1S/C13H16O4/c1-3-17-12(13(15)16)8-10-5-4-6-11(7-10)9(2)14/h4-7,12H,3,8H2,1-2H3,(H,15,16)/t12-/m0/s1. The van der Waals surface area contributed by atoms with E-state index in [0.29, 0.717) is 12.2 Å². The first-order valence-electron chi connectivity index (χ1n) is 5.49. The maximum atomic E-state index is 11.2. The predicted molar refractivity (Wildman–Crippen MR) is 63.2 cm³/mol. The van der Waals surface area contributed by atoms with Gasteiger partial charge in [0.05, 0.1) is 0 Å². The van der Waals surface area contributed by atoms with Gasteiger partial charge in [-0.05, 0) is 25.5 Å². The Kier molecular flexibility index (Phi) is 4.84. The molecule has 1 rings (SSSR count). The minimum absolute atomic E-state index is 0.0323. The fourth-order valence-electron chi connectivity index (χ4n) is 1.55. The summed E-state index contributed by atoms with van der Waals surface area (Å²) in [5, 5.41) is 8.95. The van der Waals surface area contributed by atoms with Crippen molar-refractivity contribution in [1.29, 1.82) is 0 Å². The molecule has 0 saturated carbocycles. The highest BCUT2D eigenvalue weighted by Crippen LogP contribution is 2.10. The third kappa shape index (κ3) is 4.00. The summed E-state index contributed by atoms with van der Waals surface area (Å²) in [5.41, 5.74) is 1.38. The number of rotatable bonds is 6. The lowest BCUT2D eigenvalue weighted by atomic mass is 10.0. The van der Waals surface area contributed by atoms with E-state index in [1.54, 1.807) is 31.2 Å². The molecule has 0 aliphatic heterocycles. The number of ether oxygens (including phenoxy) is 1. The van der Waals surface area contributed by atoms with Crippen LogP contribution < -0.4 is 0 Å². The Morgan fingerprint density at radius 1 is 1.41 bits per heavy atom. The zero-order chi connectivity index (χ0) is 12.8. The Labute approximate surface area is 100 Å². The summed E-state index contributed by atoms with van der Waals surface area (Å²) in [6.45, 7) is 3.58. The Hall–Kier alpha value is -1.68. The summed E-state index contributed by atoms with van der Waals surface area (Å²) >= 11 is 0. The van der Waals surface area contributed by atoms with Crippen molar-refractivity contribution < 1.29 is 19.4 Å². The molecule has 0 amide bonds. The van der Waals surface area contributed by atoms with E-state index < -0.39 is 12.1 Å². The SMILES string of the molecule is CCO[C@@H](Cc1cccc(C(C)=O)c1)C(=O)O. The van der Waals surface area contributed by atoms with Crippen molar-refractivity contribution in [2.45, 2.75) is 26.4 Å². The molecule has 4 nitrogen and oxygen atoms in total. The van der Waals surface area contributed by atoms with E-state index in [-0.39, 0.29) is 12.2 Å². The van der Waals surface area contributed by atoms with E-state index >= 15 is 0 Å². The molecular formula is C13H16O4. The summed E-state index contributed by atoms with van der Waals surface area (Å²) in [6, 6.07) is 6.96. The van der Waals surface area contributed by atoms with Crippen LogP contribution in [0.4, 0.5) is 0 Å². The summed E-state index contributed by atoms with van der Waals surface area (Å²) in [7, 11) is 0. The van der Waals surface area contributed by atoms with Gasteiger partial charge < -0.3 is 9.84 Å². The topological polar surface area (TPSA) is 63.6 Å². The number of hydrogen-bond donors (Lipinski definition) is 1. The molecule has 0 unspecified atom stereocenters. The predicted octanol–water partition coefficient (Wildman–Crippen LogP) is 1.92. The minimum Gasteiger partial charge on any atom is -0.479 e. The minimum atomic E-state index is -0.986. The van der Waals surface area contributed by atoms with Crippen LogP contribution in [-0.2, 0) is 16.0 Å². The zero-order valence-electron chi connectivity index (χ0n) is 9.97. The molecule has 0 heterocycles. The van der Waals surface area contributed by atoms with Crippen molar-refractivity contribution in [2.75, 3.05) is 6.61 Å². The number of carbonyl (C=O) groups excluding carboxylic acids is 1. The highest BCUT2D eigenvalue weighted by atomic mass is 16.5. The van der Waals surface area contributed by atoms with Crippen LogP contribution in [0.1, 0.15) is 29.8 Å². The van der Waals surface area contributed by atoms with E-state index in [1.807, 2.05) is 0 Å². The molecule has 1 N–H and O–H groups in total. The molecular weight excluding hydrogens is 220 g/mol. The van der Waals surface area contributed by atoms with Crippen LogP contribution >= 0.6 is 0 Å².